The fraction of sp³-hybridized carbons (Fsp3) is 0.133. The van der Waals surface area contributed by atoms with Crippen molar-refractivity contribution in [3.05, 3.63) is 74.5 Å². The topological polar surface area (TPSA) is 72.2 Å². The molecule has 0 heterocycles. The van der Waals surface area contributed by atoms with Gasteiger partial charge in [0.2, 0.25) is 0 Å². The summed E-state index contributed by atoms with van der Waals surface area (Å²) in [5.41, 5.74) is 0.683. The minimum Gasteiger partial charge on any atom is -0.345 e. The zero-order valence-electron chi connectivity index (χ0n) is 11.5. The second-order valence-corrected chi connectivity index (χ2v) is 5.08. The lowest BCUT2D eigenvalue weighted by molar-refractivity contribution is -0.384. The molecule has 0 unspecified atom stereocenters. The van der Waals surface area contributed by atoms with Crippen LogP contribution in [0.4, 0.5) is 10.1 Å². The number of benzene rings is 2. The van der Waals surface area contributed by atoms with Gasteiger partial charge in [-0.15, -0.1) is 0 Å². The molecule has 0 aliphatic carbocycles. The number of hydrogen-bond acceptors (Lipinski definition) is 3. The molecule has 0 aromatic heterocycles. The van der Waals surface area contributed by atoms with Gasteiger partial charge in [0.05, 0.1) is 21.6 Å². The van der Waals surface area contributed by atoms with Gasteiger partial charge in [-0.1, -0.05) is 23.7 Å². The number of amides is 1. The molecule has 22 heavy (non-hydrogen) atoms. The van der Waals surface area contributed by atoms with Gasteiger partial charge in [-0.25, -0.2) is 4.39 Å². The third-order valence-corrected chi connectivity index (χ3v) is 3.44. The molecular weight excluding hydrogens is 311 g/mol. The van der Waals surface area contributed by atoms with E-state index in [-0.39, 0.29) is 28.1 Å². The smallest absolute Gasteiger partial charge is 0.270 e. The maximum atomic E-state index is 12.9. The lowest BCUT2D eigenvalue weighted by Gasteiger charge is -2.15. The minimum absolute atomic E-state index is 0.00185. The molecular formula is C15H12ClFN2O3. The Hall–Kier alpha value is -2.47. The highest BCUT2D eigenvalue weighted by molar-refractivity contribution is 6.34. The third-order valence-electron chi connectivity index (χ3n) is 3.13. The Labute approximate surface area is 130 Å². The van der Waals surface area contributed by atoms with Gasteiger partial charge in [0.1, 0.15) is 5.82 Å². The molecule has 7 heteroatoms. The van der Waals surface area contributed by atoms with Crippen LogP contribution in [0.25, 0.3) is 0 Å². The summed E-state index contributed by atoms with van der Waals surface area (Å²) < 4.78 is 12.9. The van der Waals surface area contributed by atoms with E-state index in [0.717, 1.165) is 11.6 Å². The summed E-state index contributed by atoms with van der Waals surface area (Å²) in [5.74, 6) is -0.822. The Kier molecular flexibility index (Phi) is 4.72. The lowest BCUT2D eigenvalue weighted by atomic mass is 10.1. The van der Waals surface area contributed by atoms with Gasteiger partial charge in [0, 0.05) is 12.1 Å². The Morgan fingerprint density at radius 2 is 1.91 bits per heavy atom. The molecule has 1 N–H and O–H groups in total. The van der Waals surface area contributed by atoms with Gasteiger partial charge >= 0.3 is 0 Å². The van der Waals surface area contributed by atoms with Crippen molar-refractivity contribution in [2.75, 3.05) is 0 Å². The van der Waals surface area contributed by atoms with Crippen LogP contribution in [0.2, 0.25) is 5.02 Å². The molecule has 2 aromatic carbocycles. The number of rotatable bonds is 4. The van der Waals surface area contributed by atoms with Crippen LogP contribution < -0.4 is 5.32 Å². The van der Waals surface area contributed by atoms with E-state index in [1.54, 1.807) is 19.1 Å². The van der Waals surface area contributed by atoms with Crippen molar-refractivity contribution in [3.8, 4) is 0 Å². The van der Waals surface area contributed by atoms with E-state index in [4.69, 9.17) is 11.6 Å². The molecule has 0 fully saturated rings. The number of nitro benzene ring substituents is 1. The minimum atomic E-state index is -0.589. The number of hydrogen-bond donors (Lipinski definition) is 1. The standard InChI is InChI=1S/C15H12ClFN2O3/c1-9(10-2-4-11(17)5-3-10)18-15(20)13-7-6-12(19(21)22)8-14(13)16/h2-9H,1H3,(H,18,20)/t9-/m1/s1. The molecule has 0 aliphatic rings. The van der Waals surface area contributed by atoms with Crippen molar-refractivity contribution >= 4 is 23.2 Å². The van der Waals surface area contributed by atoms with E-state index in [9.17, 15) is 19.3 Å². The van der Waals surface area contributed by atoms with Crippen LogP contribution >= 0.6 is 11.6 Å². The second-order valence-electron chi connectivity index (χ2n) is 4.67. The molecule has 1 amide bonds. The number of nitro groups is 1. The maximum Gasteiger partial charge on any atom is 0.270 e. The third kappa shape index (κ3) is 3.59. The van der Waals surface area contributed by atoms with Crippen molar-refractivity contribution in [3.63, 3.8) is 0 Å². The summed E-state index contributed by atoms with van der Waals surface area (Å²) >= 11 is 5.90. The number of carbonyl (C=O) groups is 1. The predicted molar refractivity (Wildman–Crippen MR) is 80.4 cm³/mol. The number of non-ortho nitro benzene ring substituents is 1. The first-order valence-corrected chi connectivity index (χ1v) is 6.76. The highest BCUT2D eigenvalue weighted by atomic mass is 35.5. The van der Waals surface area contributed by atoms with Crippen molar-refractivity contribution < 1.29 is 14.1 Å². The Balaban J connectivity index is 2.15. The molecule has 5 nitrogen and oxygen atoms in total. The maximum absolute atomic E-state index is 12.9. The fourth-order valence-electron chi connectivity index (χ4n) is 1.91. The van der Waals surface area contributed by atoms with E-state index in [0.29, 0.717) is 0 Å². The van der Waals surface area contributed by atoms with Gasteiger partial charge in [-0.2, -0.15) is 0 Å². The van der Waals surface area contributed by atoms with E-state index in [1.165, 1.54) is 24.3 Å². The first kappa shape index (κ1) is 15.9. The molecule has 0 saturated heterocycles. The van der Waals surface area contributed by atoms with E-state index in [2.05, 4.69) is 5.32 Å². The van der Waals surface area contributed by atoms with Crippen LogP contribution in [0.1, 0.15) is 28.9 Å². The number of carbonyl (C=O) groups excluding carboxylic acids is 1. The Bertz CT molecular complexity index is 719. The van der Waals surface area contributed by atoms with Crippen LogP contribution in [0, 0.1) is 15.9 Å². The molecule has 0 spiro atoms. The highest BCUT2D eigenvalue weighted by Crippen LogP contribution is 2.23. The van der Waals surface area contributed by atoms with Gasteiger partial charge < -0.3 is 5.32 Å². The van der Waals surface area contributed by atoms with Crippen LogP contribution in [0.15, 0.2) is 42.5 Å². The summed E-state index contributed by atoms with van der Waals surface area (Å²) in [6, 6.07) is 9.01. The summed E-state index contributed by atoms with van der Waals surface area (Å²) in [4.78, 5) is 22.2. The van der Waals surface area contributed by atoms with Crippen LogP contribution in [0.5, 0.6) is 0 Å². The van der Waals surface area contributed by atoms with Gasteiger partial charge in [0.25, 0.3) is 11.6 Å². The highest BCUT2D eigenvalue weighted by Gasteiger charge is 2.17. The van der Waals surface area contributed by atoms with E-state index < -0.39 is 10.8 Å². The quantitative estimate of drug-likeness (QED) is 0.686. The van der Waals surface area contributed by atoms with Crippen LogP contribution in [-0.2, 0) is 0 Å². The lowest BCUT2D eigenvalue weighted by Crippen LogP contribution is -2.26. The van der Waals surface area contributed by atoms with E-state index >= 15 is 0 Å². The molecule has 0 radical (unpaired) electrons. The normalized spacial score (nSPS) is 11.8. The zero-order chi connectivity index (χ0) is 16.3. The summed E-state index contributed by atoms with van der Waals surface area (Å²) in [6.07, 6.45) is 0. The molecule has 2 aromatic rings. The second kappa shape index (κ2) is 6.53. The zero-order valence-corrected chi connectivity index (χ0v) is 12.3. The van der Waals surface area contributed by atoms with Gasteiger partial charge in [0.15, 0.2) is 0 Å². The number of nitrogens with zero attached hydrogens (tertiary/aromatic N) is 1. The summed E-state index contributed by atoms with van der Waals surface area (Å²) in [7, 11) is 0. The number of halogens is 2. The van der Waals surface area contributed by atoms with Crippen LogP contribution in [0.3, 0.4) is 0 Å². The SMILES string of the molecule is C[C@@H](NC(=O)c1ccc([N+](=O)[O-])cc1Cl)c1ccc(F)cc1. The average molecular weight is 323 g/mol. The predicted octanol–water partition coefficient (Wildman–Crippen LogP) is 3.88. The monoisotopic (exact) mass is 322 g/mol. The van der Waals surface area contributed by atoms with Crippen molar-refractivity contribution in [1.82, 2.24) is 5.32 Å². The molecule has 0 saturated carbocycles. The largest absolute Gasteiger partial charge is 0.345 e. The molecule has 2 rings (SSSR count). The summed E-state index contributed by atoms with van der Waals surface area (Å²) in [5, 5.41) is 13.3. The Morgan fingerprint density at radius 1 is 1.27 bits per heavy atom. The molecule has 1 atom stereocenters. The van der Waals surface area contributed by atoms with Gasteiger partial charge in [-0.05, 0) is 30.7 Å². The van der Waals surface area contributed by atoms with Crippen molar-refractivity contribution in [1.29, 1.82) is 0 Å². The van der Waals surface area contributed by atoms with E-state index in [1.807, 2.05) is 0 Å². The summed E-state index contributed by atoms with van der Waals surface area (Å²) in [6.45, 7) is 1.74. The first-order valence-electron chi connectivity index (χ1n) is 6.38. The van der Waals surface area contributed by atoms with Crippen LogP contribution in [-0.4, -0.2) is 10.8 Å². The van der Waals surface area contributed by atoms with Crippen molar-refractivity contribution in [2.24, 2.45) is 0 Å². The molecule has 0 bridgehead atoms. The van der Waals surface area contributed by atoms with Gasteiger partial charge in [-0.3, -0.25) is 14.9 Å². The fourth-order valence-corrected chi connectivity index (χ4v) is 2.17. The first-order chi connectivity index (χ1) is 10.4. The Morgan fingerprint density at radius 3 is 2.45 bits per heavy atom. The molecule has 114 valence electrons. The van der Waals surface area contributed by atoms with Crippen molar-refractivity contribution in [2.45, 2.75) is 13.0 Å². The number of nitrogens with one attached hydrogen (secondary N) is 1. The molecule has 0 aliphatic heterocycles. The average Bonchev–Trinajstić information content (AvgIpc) is 2.47.